The Balaban J connectivity index is 2.51. The topological polar surface area (TPSA) is 4.93 Å². The molecular weight excluding hydrogens is 350 g/mol. The SMILES string of the molecule is CC1(n2cc(Br)c(Br)c2Br)CC1. The van der Waals surface area contributed by atoms with Crippen LogP contribution in [0.1, 0.15) is 19.8 Å². The molecule has 1 aliphatic carbocycles. The number of hydrogen-bond donors (Lipinski definition) is 0. The van der Waals surface area contributed by atoms with Gasteiger partial charge in [0.1, 0.15) is 4.60 Å². The first-order chi connectivity index (χ1) is 5.54. The molecule has 2 rings (SSSR count). The molecule has 0 spiro atoms. The van der Waals surface area contributed by atoms with Crippen LogP contribution in [0.2, 0.25) is 0 Å². The highest BCUT2D eigenvalue weighted by Crippen LogP contribution is 2.47. The molecule has 0 radical (unpaired) electrons. The van der Waals surface area contributed by atoms with E-state index in [1.807, 2.05) is 0 Å². The van der Waals surface area contributed by atoms with Crippen LogP contribution in [0.4, 0.5) is 0 Å². The molecule has 0 amide bonds. The van der Waals surface area contributed by atoms with Gasteiger partial charge in [0.15, 0.2) is 0 Å². The van der Waals surface area contributed by atoms with E-state index in [-0.39, 0.29) is 0 Å². The molecule has 1 aromatic heterocycles. The predicted octanol–water partition coefficient (Wildman–Crippen LogP) is 4.28. The van der Waals surface area contributed by atoms with Crippen molar-refractivity contribution in [2.45, 2.75) is 25.3 Å². The normalized spacial score (nSPS) is 19.7. The van der Waals surface area contributed by atoms with Gasteiger partial charge in [-0.15, -0.1) is 0 Å². The molecule has 0 aromatic carbocycles. The summed E-state index contributed by atoms with van der Waals surface area (Å²) >= 11 is 10.6. The maximum absolute atomic E-state index is 3.56. The number of rotatable bonds is 1. The molecule has 0 bridgehead atoms. The van der Waals surface area contributed by atoms with Gasteiger partial charge in [0.2, 0.25) is 0 Å². The fraction of sp³-hybridized carbons (Fsp3) is 0.500. The average molecular weight is 358 g/mol. The Morgan fingerprint density at radius 1 is 1.33 bits per heavy atom. The fourth-order valence-corrected chi connectivity index (χ4v) is 2.94. The van der Waals surface area contributed by atoms with Crippen molar-refractivity contribution in [3.8, 4) is 0 Å². The van der Waals surface area contributed by atoms with Crippen LogP contribution in [-0.2, 0) is 5.54 Å². The first-order valence-corrected chi connectivity index (χ1v) is 6.15. The minimum absolute atomic E-state index is 0.355. The minimum Gasteiger partial charge on any atom is -0.334 e. The van der Waals surface area contributed by atoms with E-state index in [9.17, 15) is 0 Å². The largest absolute Gasteiger partial charge is 0.334 e. The van der Waals surface area contributed by atoms with Crippen molar-refractivity contribution in [3.05, 3.63) is 19.7 Å². The Morgan fingerprint density at radius 2 is 1.92 bits per heavy atom. The van der Waals surface area contributed by atoms with Gasteiger partial charge >= 0.3 is 0 Å². The Hall–Kier alpha value is 0.720. The Bertz CT molecular complexity index is 325. The molecule has 0 aliphatic heterocycles. The second-order valence-corrected chi connectivity index (χ2v) is 5.85. The number of aromatic nitrogens is 1. The van der Waals surface area contributed by atoms with Gasteiger partial charge in [-0.1, -0.05) is 0 Å². The summed E-state index contributed by atoms with van der Waals surface area (Å²) in [6, 6.07) is 0. The smallest absolute Gasteiger partial charge is 0.101 e. The van der Waals surface area contributed by atoms with E-state index in [1.54, 1.807) is 0 Å². The molecule has 1 nitrogen and oxygen atoms in total. The summed E-state index contributed by atoms with van der Waals surface area (Å²) in [5.74, 6) is 0. The molecule has 66 valence electrons. The lowest BCUT2D eigenvalue weighted by Crippen LogP contribution is -2.10. The quantitative estimate of drug-likeness (QED) is 0.706. The number of nitrogens with zero attached hydrogens (tertiary/aromatic N) is 1. The van der Waals surface area contributed by atoms with Crippen molar-refractivity contribution in [2.24, 2.45) is 0 Å². The van der Waals surface area contributed by atoms with Gasteiger partial charge in [-0.25, -0.2) is 0 Å². The van der Waals surface area contributed by atoms with E-state index >= 15 is 0 Å². The molecule has 12 heavy (non-hydrogen) atoms. The van der Waals surface area contributed by atoms with Gasteiger partial charge in [-0.05, 0) is 67.6 Å². The molecule has 1 aromatic rings. The molecule has 1 saturated carbocycles. The van der Waals surface area contributed by atoms with Crippen LogP contribution in [0, 0.1) is 0 Å². The minimum atomic E-state index is 0.355. The van der Waals surface area contributed by atoms with Crippen molar-refractivity contribution < 1.29 is 0 Å². The molecule has 0 unspecified atom stereocenters. The zero-order valence-corrected chi connectivity index (χ0v) is 11.3. The third-order valence-electron chi connectivity index (χ3n) is 2.40. The highest BCUT2D eigenvalue weighted by Gasteiger charge is 2.40. The molecule has 1 aliphatic rings. The van der Waals surface area contributed by atoms with E-state index in [4.69, 9.17) is 0 Å². The van der Waals surface area contributed by atoms with Gasteiger partial charge in [0.25, 0.3) is 0 Å². The number of hydrogen-bond acceptors (Lipinski definition) is 0. The summed E-state index contributed by atoms with van der Waals surface area (Å²) in [6.45, 7) is 2.27. The predicted molar refractivity (Wildman–Crippen MR) is 60.4 cm³/mol. The van der Waals surface area contributed by atoms with Crippen molar-refractivity contribution in [1.29, 1.82) is 0 Å². The molecule has 0 atom stereocenters. The monoisotopic (exact) mass is 355 g/mol. The average Bonchev–Trinajstić information content (AvgIpc) is 2.71. The van der Waals surface area contributed by atoms with E-state index < -0.39 is 0 Å². The molecule has 0 saturated heterocycles. The van der Waals surface area contributed by atoms with E-state index in [2.05, 4.69) is 65.5 Å². The summed E-state index contributed by atoms with van der Waals surface area (Å²) in [5.41, 5.74) is 0.355. The van der Waals surface area contributed by atoms with Gasteiger partial charge in [-0.2, -0.15) is 0 Å². The number of halogens is 3. The lowest BCUT2D eigenvalue weighted by atomic mass is 10.3. The summed E-state index contributed by atoms with van der Waals surface area (Å²) in [4.78, 5) is 0. The van der Waals surface area contributed by atoms with Crippen molar-refractivity contribution in [1.82, 2.24) is 4.57 Å². The van der Waals surface area contributed by atoms with Crippen molar-refractivity contribution in [2.75, 3.05) is 0 Å². The van der Waals surface area contributed by atoms with Gasteiger partial charge in [-0.3, -0.25) is 0 Å². The summed E-state index contributed by atoms with van der Waals surface area (Å²) < 4.78 is 5.63. The van der Waals surface area contributed by atoms with Crippen molar-refractivity contribution >= 4 is 47.8 Å². The highest BCUT2D eigenvalue weighted by molar-refractivity contribution is 9.14. The van der Waals surface area contributed by atoms with Crippen LogP contribution in [0.5, 0.6) is 0 Å². The summed E-state index contributed by atoms with van der Waals surface area (Å²) in [7, 11) is 0. The second-order valence-electron chi connectivity index (χ2n) is 3.45. The Morgan fingerprint density at radius 3 is 2.25 bits per heavy atom. The highest BCUT2D eigenvalue weighted by atomic mass is 79.9. The lowest BCUT2D eigenvalue weighted by Gasteiger charge is -2.12. The Labute approximate surface area is 96.9 Å². The molecule has 0 N–H and O–H groups in total. The fourth-order valence-electron chi connectivity index (χ4n) is 1.25. The summed E-state index contributed by atoms with van der Waals surface area (Å²) in [5, 5.41) is 0. The van der Waals surface area contributed by atoms with Crippen LogP contribution < -0.4 is 0 Å². The first kappa shape index (κ1) is 9.28. The van der Waals surface area contributed by atoms with E-state index in [1.165, 1.54) is 12.8 Å². The maximum atomic E-state index is 3.56. The zero-order chi connectivity index (χ0) is 8.93. The molecule has 1 fully saturated rings. The standard InChI is InChI=1S/C8H8Br3N/c1-8(2-3-8)12-4-5(9)6(10)7(12)11/h4H,2-3H2,1H3. The summed E-state index contributed by atoms with van der Waals surface area (Å²) in [6.07, 6.45) is 4.68. The first-order valence-electron chi connectivity index (χ1n) is 3.77. The Kier molecular flexibility index (Phi) is 2.21. The third kappa shape index (κ3) is 1.32. The molecule has 4 heteroatoms. The van der Waals surface area contributed by atoms with Gasteiger partial charge in [0.05, 0.1) is 8.95 Å². The molecular formula is C8H8Br3N. The van der Waals surface area contributed by atoms with Gasteiger partial charge in [0, 0.05) is 11.7 Å². The second kappa shape index (κ2) is 2.85. The van der Waals surface area contributed by atoms with Gasteiger partial charge < -0.3 is 4.57 Å². The lowest BCUT2D eigenvalue weighted by molar-refractivity contribution is 0.524. The zero-order valence-electron chi connectivity index (χ0n) is 6.57. The van der Waals surface area contributed by atoms with Crippen LogP contribution in [-0.4, -0.2) is 4.57 Å². The van der Waals surface area contributed by atoms with Crippen molar-refractivity contribution in [3.63, 3.8) is 0 Å². The van der Waals surface area contributed by atoms with Crippen LogP contribution in [0.25, 0.3) is 0 Å². The molecule has 1 heterocycles. The van der Waals surface area contributed by atoms with Crippen LogP contribution >= 0.6 is 47.8 Å². The van der Waals surface area contributed by atoms with Crippen LogP contribution in [0.15, 0.2) is 19.7 Å². The third-order valence-corrected chi connectivity index (χ3v) is 5.65. The van der Waals surface area contributed by atoms with Crippen LogP contribution in [0.3, 0.4) is 0 Å². The van der Waals surface area contributed by atoms with E-state index in [0.717, 1.165) is 13.5 Å². The maximum Gasteiger partial charge on any atom is 0.101 e. The van der Waals surface area contributed by atoms with E-state index in [0.29, 0.717) is 5.54 Å².